The second-order valence-electron chi connectivity index (χ2n) is 4.65. The summed E-state index contributed by atoms with van der Waals surface area (Å²) in [5.74, 6) is 0.823. The van der Waals surface area contributed by atoms with Crippen molar-refractivity contribution in [3.05, 3.63) is 39.2 Å². The summed E-state index contributed by atoms with van der Waals surface area (Å²) in [5, 5.41) is 7.38. The van der Waals surface area contributed by atoms with Gasteiger partial charge in [-0.2, -0.15) is 0 Å². The quantitative estimate of drug-likeness (QED) is 0.368. The van der Waals surface area contributed by atoms with Crippen LogP contribution < -0.4 is 16.4 Å². The summed E-state index contributed by atoms with van der Waals surface area (Å²) in [7, 11) is 1.69. The van der Waals surface area contributed by atoms with E-state index in [-0.39, 0.29) is 29.7 Å². The lowest BCUT2D eigenvalue weighted by Gasteiger charge is -2.10. The minimum atomic E-state index is -0.579. The van der Waals surface area contributed by atoms with E-state index in [2.05, 4.69) is 20.6 Å². The van der Waals surface area contributed by atoms with Crippen molar-refractivity contribution in [1.29, 1.82) is 0 Å². The molecule has 0 aromatic carbocycles. The van der Waals surface area contributed by atoms with Crippen molar-refractivity contribution in [2.75, 3.05) is 7.05 Å². The van der Waals surface area contributed by atoms with Crippen LogP contribution in [0, 0.1) is 13.8 Å². The third-order valence-corrected chi connectivity index (χ3v) is 4.05. The van der Waals surface area contributed by atoms with Gasteiger partial charge in [0.1, 0.15) is 5.76 Å². The van der Waals surface area contributed by atoms with Crippen LogP contribution in [0.1, 0.15) is 31.9 Å². The van der Waals surface area contributed by atoms with Crippen LogP contribution >= 0.6 is 35.3 Å². The van der Waals surface area contributed by atoms with Crippen LogP contribution in [-0.4, -0.2) is 23.9 Å². The number of hydrogen-bond donors (Lipinski definition) is 3. The second-order valence-corrected chi connectivity index (χ2v) is 5.94. The molecular weight excluding hydrogens is 429 g/mol. The van der Waals surface area contributed by atoms with E-state index in [1.165, 1.54) is 4.88 Å². The minimum absolute atomic E-state index is 0. The number of aromatic nitrogens is 1. The Balaban J connectivity index is 0.00000264. The van der Waals surface area contributed by atoms with Gasteiger partial charge in [-0.05, 0) is 26.0 Å². The lowest BCUT2D eigenvalue weighted by Crippen LogP contribution is -2.36. The van der Waals surface area contributed by atoms with Gasteiger partial charge in [-0.15, -0.1) is 35.3 Å². The van der Waals surface area contributed by atoms with Gasteiger partial charge in [0.2, 0.25) is 0 Å². The summed E-state index contributed by atoms with van der Waals surface area (Å²) >= 11 is 1.66. The van der Waals surface area contributed by atoms with E-state index in [0.717, 1.165) is 10.7 Å². The van der Waals surface area contributed by atoms with E-state index in [0.29, 0.717) is 24.8 Å². The fourth-order valence-corrected chi connectivity index (χ4v) is 2.78. The lowest BCUT2D eigenvalue weighted by atomic mass is 10.4. The van der Waals surface area contributed by atoms with Crippen LogP contribution in [0.15, 0.2) is 21.5 Å². The topological polar surface area (TPSA) is 106 Å². The molecule has 0 spiro atoms. The van der Waals surface area contributed by atoms with Gasteiger partial charge in [-0.3, -0.25) is 9.79 Å². The first-order valence-electron chi connectivity index (χ1n) is 6.75. The molecule has 9 heteroatoms. The van der Waals surface area contributed by atoms with Crippen LogP contribution in [0.3, 0.4) is 0 Å². The fourth-order valence-electron chi connectivity index (χ4n) is 1.90. The number of guanidine groups is 1. The first-order valence-corrected chi connectivity index (χ1v) is 7.57. The molecule has 2 rings (SSSR count). The number of carbonyl (C=O) groups is 1. The number of carbonyl (C=O) groups excluding carboxylic acids is 1. The Hall–Kier alpha value is -1.62. The molecule has 0 unspecified atom stereocenters. The molecular formula is C14H20IN5O2S. The number of amides is 1. The lowest BCUT2D eigenvalue weighted by molar-refractivity contribution is 0.0972. The molecule has 0 fully saturated rings. The number of halogens is 1. The van der Waals surface area contributed by atoms with Gasteiger partial charge in [0.15, 0.2) is 11.7 Å². The van der Waals surface area contributed by atoms with Crippen LogP contribution in [-0.2, 0) is 13.1 Å². The van der Waals surface area contributed by atoms with Gasteiger partial charge in [0, 0.05) is 11.9 Å². The van der Waals surface area contributed by atoms with Crippen LogP contribution in [0.25, 0.3) is 0 Å². The normalized spacial score (nSPS) is 11.0. The predicted molar refractivity (Wildman–Crippen MR) is 101 cm³/mol. The van der Waals surface area contributed by atoms with Gasteiger partial charge in [-0.1, -0.05) is 0 Å². The van der Waals surface area contributed by atoms with E-state index < -0.39 is 5.91 Å². The summed E-state index contributed by atoms with van der Waals surface area (Å²) in [6, 6.07) is 3.26. The molecule has 7 nitrogen and oxygen atoms in total. The molecule has 0 radical (unpaired) electrons. The Labute approximate surface area is 155 Å². The number of nitrogens with two attached hydrogens (primary N) is 1. The van der Waals surface area contributed by atoms with Crippen LogP contribution in [0.5, 0.6) is 0 Å². The number of thiazole rings is 1. The summed E-state index contributed by atoms with van der Waals surface area (Å²) in [6.07, 6.45) is 0. The molecule has 0 atom stereocenters. The standard InChI is InChI=1S/C14H19N5O2S.HI/c1-8-12(22-9(2)19-8)7-18-14(16-3)17-6-10-4-5-11(21-10)13(15)20;/h4-5H,6-7H2,1-3H3,(H2,15,20)(H2,16,17,18);1H. The number of rotatable bonds is 5. The van der Waals surface area contributed by atoms with Crippen molar-refractivity contribution >= 4 is 47.2 Å². The maximum atomic E-state index is 11.0. The van der Waals surface area contributed by atoms with E-state index in [9.17, 15) is 4.79 Å². The fraction of sp³-hybridized carbons (Fsp3) is 0.357. The van der Waals surface area contributed by atoms with Crippen molar-refractivity contribution < 1.29 is 9.21 Å². The Morgan fingerprint density at radius 2 is 2.04 bits per heavy atom. The predicted octanol–water partition coefficient (Wildman–Crippen LogP) is 1.94. The maximum Gasteiger partial charge on any atom is 0.284 e. The second kappa shape index (κ2) is 8.87. The highest BCUT2D eigenvalue weighted by Crippen LogP contribution is 2.16. The number of primary amides is 1. The zero-order valence-corrected chi connectivity index (χ0v) is 16.3. The van der Waals surface area contributed by atoms with Crippen molar-refractivity contribution in [2.24, 2.45) is 10.7 Å². The average molecular weight is 449 g/mol. The highest BCUT2D eigenvalue weighted by Gasteiger charge is 2.08. The zero-order chi connectivity index (χ0) is 16.1. The monoisotopic (exact) mass is 449 g/mol. The molecule has 0 saturated carbocycles. The molecule has 2 aromatic heterocycles. The third-order valence-electron chi connectivity index (χ3n) is 2.97. The van der Waals surface area contributed by atoms with Crippen LogP contribution in [0.2, 0.25) is 0 Å². The molecule has 4 N–H and O–H groups in total. The first kappa shape index (κ1) is 19.4. The SMILES string of the molecule is CN=C(NCc1ccc(C(N)=O)o1)NCc1sc(C)nc1C.I. The Morgan fingerprint density at radius 3 is 2.57 bits per heavy atom. The highest BCUT2D eigenvalue weighted by molar-refractivity contribution is 14.0. The minimum Gasteiger partial charge on any atom is -0.454 e. The molecule has 0 bridgehead atoms. The van der Waals surface area contributed by atoms with Crippen molar-refractivity contribution in [3.8, 4) is 0 Å². The van der Waals surface area contributed by atoms with Gasteiger partial charge in [0.05, 0.1) is 23.8 Å². The number of furan rings is 1. The Kier molecular flexibility index (Phi) is 7.49. The van der Waals surface area contributed by atoms with E-state index in [1.807, 2.05) is 13.8 Å². The summed E-state index contributed by atoms with van der Waals surface area (Å²) in [5.41, 5.74) is 6.17. The van der Waals surface area contributed by atoms with E-state index in [4.69, 9.17) is 10.2 Å². The van der Waals surface area contributed by atoms with Crippen molar-refractivity contribution in [2.45, 2.75) is 26.9 Å². The zero-order valence-electron chi connectivity index (χ0n) is 13.2. The van der Waals surface area contributed by atoms with Gasteiger partial charge < -0.3 is 20.8 Å². The smallest absolute Gasteiger partial charge is 0.284 e. The molecule has 0 aliphatic rings. The molecule has 1 amide bonds. The highest BCUT2D eigenvalue weighted by atomic mass is 127. The molecule has 126 valence electrons. The first-order chi connectivity index (χ1) is 10.5. The van der Waals surface area contributed by atoms with Gasteiger partial charge in [0.25, 0.3) is 5.91 Å². The summed E-state index contributed by atoms with van der Waals surface area (Å²) < 4.78 is 5.30. The third kappa shape index (κ3) is 5.50. The molecule has 23 heavy (non-hydrogen) atoms. The number of aryl methyl sites for hydroxylation is 2. The molecule has 0 aliphatic heterocycles. The largest absolute Gasteiger partial charge is 0.454 e. The average Bonchev–Trinajstić information content (AvgIpc) is 3.06. The summed E-state index contributed by atoms with van der Waals surface area (Å²) in [4.78, 5) is 20.7. The number of aliphatic imine (C=N–C) groups is 1. The number of hydrogen-bond acceptors (Lipinski definition) is 5. The van der Waals surface area contributed by atoms with Gasteiger partial charge in [-0.25, -0.2) is 4.98 Å². The molecule has 0 saturated heterocycles. The van der Waals surface area contributed by atoms with Gasteiger partial charge >= 0.3 is 0 Å². The van der Waals surface area contributed by atoms with E-state index in [1.54, 1.807) is 30.5 Å². The Morgan fingerprint density at radius 1 is 1.35 bits per heavy atom. The number of nitrogens with one attached hydrogen (secondary N) is 2. The summed E-state index contributed by atoms with van der Waals surface area (Å²) in [6.45, 7) is 5.04. The van der Waals surface area contributed by atoms with Crippen molar-refractivity contribution in [1.82, 2.24) is 15.6 Å². The van der Waals surface area contributed by atoms with E-state index >= 15 is 0 Å². The van der Waals surface area contributed by atoms with Crippen LogP contribution in [0.4, 0.5) is 0 Å². The molecule has 0 aliphatic carbocycles. The molecule has 2 heterocycles. The number of nitrogens with zero attached hydrogens (tertiary/aromatic N) is 2. The molecule has 2 aromatic rings. The maximum absolute atomic E-state index is 11.0. The Bertz CT molecular complexity index is 695. The van der Waals surface area contributed by atoms with Crippen molar-refractivity contribution in [3.63, 3.8) is 0 Å².